The van der Waals surface area contributed by atoms with Crippen LogP contribution in [0.2, 0.25) is 0 Å². The molecule has 0 radical (unpaired) electrons. The minimum absolute atomic E-state index is 0.241. The maximum atomic E-state index is 12.5. The molecule has 1 aromatic rings. The van der Waals surface area contributed by atoms with E-state index >= 15 is 0 Å². The molecule has 0 heterocycles. The third-order valence-electron chi connectivity index (χ3n) is 4.26. The summed E-state index contributed by atoms with van der Waals surface area (Å²) in [6, 6.07) is 8.22. The van der Waals surface area contributed by atoms with Crippen molar-refractivity contribution in [1.82, 2.24) is 4.90 Å². The molecule has 1 fully saturated rings. The number of rotatable bonds is 4. The standard InChI is InChI=1S/C17H26N2O/c1-19(13-15-10-8-14(12-18)9-11-15)17(20)16-6-4-2-3-5-7-16/h8-11,16H,2-7,12-13,18H2,1H3. The van der Waals surface area contributed by atoms with Crippen LogP contribution in [0.15, 0.2) is 24.3 Å². The Balaban J connectivity index is 1.92. The molecular formula is C17H26N2O. The molecule has 2 rings (SSSR count). The average molecular weight is 274 g/mol. The Hall–Kier alpha value is -1.35. The molecule has 2 N–H and O–H groups in total. The van der Waals surface area contributed by atoms with E-state index in [9.17, 15) is 4.79 Å². The third kappa shape index (κ3) is 4.07. The lowest BCUT2D eigenvalue weighted by atomic mass is 9.98. The van der Waals surface area contributed by atoms with E-state index in [0.29, 0.717) is 19.0 Å². The van der Waals surface area contributed by atoms with Crippen molar-refractivity contribution in [2.75, 3.05) is 7.05 Å². The van der Waals surface area contributed by atoms with Crippen LogP contribution in [0.5, 0.6) is 0 Å². The van der Waals surface area contributed by atoms with Gasteiger partial charge in [-0.25, -0.2) is 0 Å². The van der Waals surface area contributed by atoms with Crippen LogP contribution >= 0.6 is 0 Å². The molecule has 1 aliphatic rings. The Morgan fingerprint density at radius 3 is 2.20 bits per heavy atom. The normalized spacial score (nSPS) is 16.7. The molecule has 0 spiro atoms. The Morgan fingerprint density at radius 2 is 1.65 bits per heavy atom. The predicted octanol–water partition coefficient (Wildman–Crippen LogP) is 3.07. The fraction of sp³-hybridized carbons (Fsp3) is 0.588. The molecule has 0 unspecified atom stereocenters. The van der Waals surface area contributed by atoms with Gasteiger partial charge in [0.15, 0.2) is 0 Å². The lowest BCUT2D eigenvalue weighted by molar-refractivity contribution is -0.135. The molecule has 0 atom stereocenters. The summed E-state index contributed by atoms with van der Waals surface area (Å²) in [6.07, 6.45) is 7.11. The van der Waals surface area contributed by atoms with Gasteiger partial charge in [-0.3, -0.25) is 4.79 Å². The first-order chi connectivity index (χ1) is 9.70. The van der Waals surface area contributed by atoms with E-state index in [1.54, 1.807) is 0 Å². The topological polar surface area (TPSA) is 46.3 Å². The maximum Gasteiger partial charge on any atom is 0.225 e. The van der Waals surface area contributed by atoms with E-state index in [1.807, 2.05) is 24.1 Å². The van der Waals surface area contributed by atoms with Crippen molar-refractivity contribution in [3.05, 3.63) is 35.4 Å². The van der Waals surface area contributed by atoms with Gasteiger partial charge < -0.3 is 10.6 Å². The molecule has 1 amide bonds. The van der Waals surface area contributed by atoms with Crippen LogP contribution in [0.25, 0.3) is 0 Å². The number of carbonyl (C=O) groups excluding carboxylic acids is 1. The van der Waals surface area contributed by atoms with Gasteiger partial charge in [-0.2, -0.15) is 0 Å². The summed E-state index contributed by atoms with van der Waals surface area (Å²) < 4.78 is 0. The SMILES string of the molecule is CN(Cc1ccc(CN)cc1)C(=O)C1CCCCCC1. The molecule has 0 saturated heterocycles. The zero-order valence-corrected chi connectivity index (χ0v) is 12.5. The second-order valence-corrected chi connectivity index (χ2v) is 5.90. The van der Waals surface area contributed by atoms with Crippen LogP contribution in [0.3, 0.4) is 0 Å². The van der Waals surface area contributed by atoms with Gasteiger partial charge in [-0.05, 0) is 24.0 Å². The summed E-state index contributed by atoms with van der Waals surface area (Å²) >= 11 is 0. The van der Waals surface area contributed by atoms with Gasteiger partial charge in [0.1, 0.15) is 0 Å². The summed E-state index contributed by atoms with van der Waals surface area (Å²) in [6.45, 7) is 1.26. The number of carbonyl (C=O) groups is 1. The van der Waals surface area contributed by atoms with Crippen LogP contribution in [0.4, 0.5) is 0 Å². The lowest BCUT2D eigenvalue weighted by Crippen LogP contribution is -2.32. The van der Waals surface area contributed by atoms with Crippen LogP contribution in [-0.2, 0) is 17.9 Å². The van der Waals surface area contributed by atoms with Crippen LogP contribution in [0, 0.1) is 5.92 Å². The molecule has 1 aromatic carbocycles. The molecule has 0 bridgehead atoms. The van der Waals surface area contributed by atoms with Crippen LogP contribution in [0.1, 0.15) is 49.7 Å². The Bertz CT molecular complexity index is 419. The van der Waals surface area contributed by atoms with Crippen LogP contribution in [-0.4, -0.2) is 17.9 Å². The fourth-order valence-electron chi connectivity index (χ4n) is 2.97. The smallest absolute Gasteiger partial charge is 0.225 e. The highest BCUT2D eigenvalue weighted by molar-refractivity contribution is 5.78. The molecule has 1 saturated carbocycles. The molecule has 1 aliphatic carbocycles. The number of hydrogen-bond donors (Lipinski definition) is 1. The Labute approximate surface area is 122 Å². The van der Waals surface area contributed by atoms with Crippen molar-refractivity contribution in [2.24, 2.45) is 11.7 Å². The van der Waals surface area contributed by atoms with Crippen molar-refractivity contribution < 1.29 is 4.79 Å². The molecule has 20 heavy (non-hydrogen) atoms. The van der Waals surface area contributed by atoms with E-state index < -0.39 is 0 Å². The van der Waals surface area contributed by atoms with Gasteiger partial charge in [0.05, 0.1) is 0 Å². The van der Waals surface area contributed by atoms with Gasteiger partial charge in [-0.1, -0.05) is 49.9 Å². The monoisotopic (exact) mass is 274 g/mol. The molecular weight excluding hydrogens is 248 g/mol. The highest BCUT2D eigenvalue weighted by Crippen LogP contribution is 2.24. The summed E-state index contributed by atoms with van der Waals surface area (Å²) in [5, 5.41) is 0. The Morgan fingerprint density at radius 1 is 1.10 bits per heavy atom. The second-order valence-electron chi connectivity index (χ2n) is 5.90. The van der Waals surface area contributed by atoms with E-state index in [-0.39, 0.29) is 5.92 Å². The number of amides is 1. The van der Waals surface area contributed by atoms with Gasteiger partial charge in [0, 0.05) is 26.1 Å². The molecule has 3 nitrogen and oxygen atoms in total. The van der Waals surface area contributed by atoms with Gasteiger partial charge in [0.25, 0.3) is 0 Å². The minimum atomic E-state index is 0.241. The molecule has 0 aliphatic heterocycles. The van der Waals surface area contributed by atoms with Gasteiger partial charge in [0.2, 0.25) is 5.91 Å². The summed E-state index contributed by atoms with van der Waals surface area (Å²) in [5.74, 6) is 0.556. The molecule has 3 heteroatoms. The third-order valence-corrected chi connectivity index (χ3v) is 4.26. The summed E-state index contributed by atoms with van der Waals surface area (Å²) in [5.41, 5.74) is 7.90. The zero-order chi connectivity index (χ0) is 14.4. The molecule has 110 valence electrons. The van der Waals surface area contributed by atoms with Crippen LogP contribution < -0.4 is 5.73 Å². The first-order valence-electron chi connectivity index (χ1n) is 7.73. The van der Waals surface area contributed by atoms with Crippen molar-refractivity contribution in [2.45, 2.75) is 51.6 Å². The van der Waals surface area contributed by atoms with Crippen molar-refractivity contribution in [1.29, 1.82) is 0 Å². The minimum Gasteiger partial charge on any atom is -0.341 e. The summed E-state index contributed by atoms with van der Waals surface area (Å²) in [7, 11) is 1.92. The van der Waals surface area contributed by atoms with E-state index in [2.05, 4.69) is 12.1 Å². The van der Waals surface area contributed by atoms with Crippen molar-refractivity contribution in [3.63, 3.8) is 0 Å². The fourth-order valence-corrected chi connectivity index (χ4v) is 2.97. The zero-order valence-electron chi connectivity index (χ0n) is 12.5. The largest absolute Gasteiger partial charge is 0.341 e. The predicted molar refractivity (Wildman–Crippen MR) is 82.0 cm³/mol. The van der Waals surface area contributed by atoms with E-state index in [4.69, 9.17) is 5.73 Å². The lowest BCUT2D eigenvalue weighted by Gasteiger charge is -2.23. The quantitative estimate of drug-likeness (QED) is 0.858. The van der Waals surface area contributed by atoms with Crippen molar-refractivity contribution in [3.8, 4) is 0 Å². The highest BCUT2D eigenvalue weighted by atomic mass is 16.2. The highest BCUT2D eigenvalue weighted by Gasteiger charge is 2.22. The van der Waals surface area contributed by atoms with E-state index in [1.165, 1.54) is 31.2 Å². The van der Waals surface area contributed by atoms with E-state index in [0.717, 1.165) is 18.4 Å². The second kappa shape index (κ2) is 7.44. The summed E-state index contributed by atoms with van der Waals surface area (Å²) in [4.78, 5) is 14.4. The van der Waals surface area contributed by atoms with Crippen molar-refractivity contribution >= 4 is 5.91 Å². The molecule has 0 aromatic heterocycles. The average Bonchev–Trinajstić information content (AvgIpc) is 2.76. The van der Waals surface area contributed by atoms with Gasteiger partial charge >= 0.3 is 0 Å². The number of nitrogens with two attached hydrogens (primary N) is 1. The number of nitrogens with zero attached hydrogens (tertiary/aromatic N) is 1. The van der Waals surface area contributed by atoms with Gasteiger partial charge in [-0.15, -0.1) is 0 Å². The number of hydrogen-bond acceptors (Lipinski definition) is 2. The number of benzene rings is 1. The Kier molecular flexibility index (Phi) is 5.60. The maximum absolute atomic E-state index is 12.5. The first-order valence-corrected chi connectivity index (χ1v) is 7.73. The first kappa shape index (κ1) is 15.0.